The molecule has 25 heavy (non-hydrogen) atoms. The van der Waals surface area contributed by atoms with Crippen LogP contribution in [0.4, 0.5) is 0 Å². The molecule has 0 atom stereocenters. The van der Waals surface area contributed by atoms with Crippen LogP contribution < -0.4 is 5.32 Å². The van der Waals surface area contributed by atoms with E-state index < -0.39 is 0 Å². The molecule has 1 amide bonds. The van der Waals surface area contributed by atoms with Crippen LogP contribution in [0.1, 0.15) is 39.8 Å². The minimum absolute atomic E-state index is 0.123. The Bertz CT molecular complexity index is 884. The molecule has 4 rings (SSSR count). The molecule has 0 unspecified atom stereocenters. The minimum atomic E-state index is -0.123. The highest BCUT2D eigenvalue weighted by atomic mass is 32.1. The van der Waals surface area contributed by atoms with Crippen molar-refractivity contribution < 1.29 is 4.79 Å². The highest BCUT2D eigenvalue weighted by Gasteiger charge is 2.28. The maximum Gasteiger partial charge on any atom is 0.265 e. The average molecular weight is 354 g/mol. The summed E-state index contributed by atoms with van der Waals surface area (Å²) in [5, 5.41) is 11.5. The standard InChI is InChI=1S/C17H18N6OS/c1-11-16(25-22-20-11)17(24)19-8-9-23-15(13-2-3-13)10-14(21-23)12-4-6-18-7-5-12/h4-7,10,13H,2-3,8-9H2,1H3,(H,19,24). The molecule has 0 aromatic carbocycles. The summed E-state index contributed by atoms with van der Waals surface area (Å²) in [5.41, 5.74) is 3.93. The number of carbonyl (C=O) groups excluding carboxylic acids is 1. The van der Waals surface area contributed by atoms with Crippen molar-refractivity contribution in [1.29, 1.82) is 0 Å². The molecule has 0 saturated heterocycles. The van der Waals surface area contributed by atoms with E-state index in [-0.39, 0.29) is 5.91 Å². The smallest absolute Gasteiger partial charge is 0.265 e. The normalized spacial score (nSPS) is 13.8. The van der Waals surface area contributed by atoms with Crippen molar-refractivity contribution in [3.8, 4) is 11.3 Å². The number of carbonyl (C=O) groups is 1. The Balaban J connectivity index is 1.46. The van der Waals surface area contributed by atoms with Gasteiger partial charge < -0.3 is 5.32 Å². The van der Waals surface area contributed by atoms with E-state index in [0.29, 0.717) is 29.6 Å². The molecule has 1 saturated carbocycles. The third-order valence-electron chi connectivity index (χ3n) is 4.25. The van der Waals surface area contributed by atoms with E-state index in [0.717, 1.165) is 22.8 Å². The summed E-state index contributed by atoms with van der Waals surface area (Å²) in [5.74, 6) is 0.466. The van der Waals surface area contributed by atoms with Gasteiger partial charge in [0.1, 0.15) is 4.88 Å². The molecule has 0 bridgehead atoms. The fraction of sp³-hybridized carbons (Fsp3) is 0.353. The Labute approximate surface area is 149 Å². The molecule has 1 aliphatic carbocycles. The van der Waals surface area contributed by atoms with E-state index in [9.17, 15) is 4.79 Å². The molecule has 7 nitrogen and oxygen atoms in total. The maximum atomic E-state index is 12.2. The van der Waals surface area contributed by atoms with Gasteiger partial charge in [-0.05, 0) is 49.5 Å². The second-order valence-electron chi connectivity index (χ2n) is 6.13. The van der Waals surface area contributed by atoms with Crippen LogP contribution in [0.5, 0.6) is 0 Å². The third kappa shape index (κ3) is 3.43. The molecule has 1 aliphatic rings. The summed E-state index contributed by atoms with van der Waals surface area (Å²) < 4.78 is 5.82. The molecule has 3 heterocycles. The lowest BCUT2D eigenvalue weighted by molar-refractivity contribution is 0.0955. The van der Waals surface area contributed by atoms with E-state index in [1.807, 2.05) is 16.8 Å². The summed E-state index contributed by atoms with van der Waals surface area (Å²) in [6.07, 6.45) is 5.97. The lowest BCUT2D eigenvalue weighted by Gasteiger charge is -2.07. The SMILES string of the molecule is Cc1nnsc1C(=O)NCCn1nc(-c2ccncc2)cc1C1CC1. The lowest BCUT2D eigenvalue weighted by Crippen LogP contribution is -2.27. The molecule has 0 radical (unpaired) electrons. The first-order valence-corrected chi connectivity index (χ1v) is 9.05. The van der Waals surface area contributed by atoms with E-state index in [1.54, 1.807) is 19.3 Å². The van der Waals surface area contributed by atoms with Crippen LogP contribution in [0.2, 0.25) is 0 Å². The molecule has 128 valence electrons. The third-order valence-corrected chi connectivity index (χ3v) is 5.08. The molecule has 1 fully saturated rings. The molecule has 0 aliphatic heterocycles. The van der Waals surface area contributed by atoms with Gasteiger partial charge in [0.05, 0.1) is 17.9 Å². The van der Waals surface area contributed by atoms with E-state index in [1.165, 1.54) is 18.5 Å². The largest absolute Gasteiger partial charge is 0.349 e. The quantitative estimate of drug-likeness (QED) is 0.735. The van der Waals surface area contributed by atoms with Crippen molar-refractivity contribution in [2.75, 3.05) is 6.54 Å². The zero-order valence-corrected chi connectivity index (χ0v) is 14.7. The van der Waals surface area contributed by atoms with Gasteiger partial charge in [-0.2, -0.15) is 5.10 Å². The summed E-state index contributed by atoms with van der Waals surface area (Å²) in [4.78, 5) is 16.8. The highest BCUT2D eigenvalue weighted by molar-refractivity contribution is 7.07. The molecule has 3 aromatic heterocycles. The Kier molecular flexibility index (Phi) is 4.27. The molecular formula is C17H18N6OS. The second-order valence-corrected chi connectivity index (χ2v) is 6.89. The Hall–Kier alpha value is -2.61. The summed E-state index contributed by atoms with van der Waals surface area (Å²) >= 11 is 1.12. The van der Waals surface area contributed by atoms with Crippen molar-refractivity contribution in [2.24, 2.45) is 0 Å². The first-order valence-electron chi connectivity index (χ1n) is 8.27. The van der Waals surface area contributed by atoms with Crippen molar-refractivity contribution in [3.63, 3.8) is 0 Å². The van der Waals surface area contributed by atoms with Crippen LogP contribution >= 0.6 is 11.5 Å². The monoisotopic (exact) mass is 354 g/mol. The fourth-order valence-corrected chi connectivity index (χ4v) is 3.35. The summed E-state index contributed by atoms with van der Waals surface area (Å²) in [7, 11) is 0. The van der Waals surface area contributed by atoms with E-state index >= 15 is 0 Å². The predicted octanol–water partition coefficient (Wildman–Crippen LogP) is 2.41. The number of amides is 1. The molecule has 8 heteroatoms. The van der Waals surface area contributed by atoms with Crippen LogP contribution in [-0.4, -0.2) is 36.8 Å². The van der Waals surface area contributed by atoms with Crippen molar-refractivity contribution in [2.45, 2.75) is 32.2 Å². The molecular weight excluding hydrogens is 336 g/mol. The minimum Gasteiger partial charge on any atom is -0.349 e. The van der Waals surface area contributed by atoms with Crippen LogP contribution in [0.25, 0.3) is 11.3 Å². The Morgan fingerprint density at radius 1 is 1.36 bits per heavy atom. The number of rotatable bonds is 6. The molecule has 3 aromatic rings. The Morgan fingerprint density at radius 2 is 2.16 bits per heavy atom. The molecule has 0 spiro atoms. The van der Waals surface area contributed by atoms with Gasteiger partial charge in [-0.3, -0.25) is 14.5 Å². The number of hydrogen-bond donors (Lipinski definition) is 1. The van der Waals surface area contributed by atoms with Gasteiger partial charge in [-0.25, -0.2) is 0 Å². The zero-order valence-electron chi connectivity index (χ0n) is 13.8. The second kappa shape index (κ2) is 6.72. The number of pyridine rings is 1. The highest BCUT2D eigenvalue weighted by Crippen LogP contribution is 2.41. The number of nitrogens with one attached hydrogen (secondary N) is 1. The van der Waals surface area contributed by atoms with Crippen LogP contribution in [0.15, 0.2) is 30.6 Å². The number of nitrogens with zero attached hydrogens (tertiary/aromatic N) is 5. The van der Waals surface area contributed by atoms with E-state index in [4.69, 9.17) is 5.10 Å². The maximum absolute atomic E-state index is 12.2. The predicted molar refractivity (Wildman–Crippen MR) is 94.4 cm³/mol. The van der Waals surface area contributed by atoms with Crippen LogP contribution in [0.3, 0.4) is 0 Å². The number of hydrogen-bond acceptors (Lipinski definition) is 6. The van der Waals surface area contributed by atoms with Gasteiger partial charge in [0.25, 0.3) is 5.91 Å². The number of aromatic nitrogens is 5. The average Bonchev–Trinajstić information content (AvgIpc) is 3.24. The van der Waals surface area contributed by atoms with Crippen molar-refractivity contribution >= 4 is 17.4 Å². The fourth-order valence-electron chi connectivity index (χ4n) is 2.78. The lowest BCUT2D eigenvalue weighted by atomic mass is 10.2. The van der Waals surface area contributed by atoms with Gasteiger partial charge >= 0.3 is 0 Å². The van der Waals surface area contributed by atoms with E-state index in [2.05, 4.69) is 26.0 Å². The van der Waals surface area contributed by atoms with Gasteiger partial charge in [-0.1, -0.05) is 4.49 Å². The van der Waals surface area contributed by atoms with Gasteiger partial charge in [0, 0.05) is 36.1 Å². The first kappa shape index (κ1) is 15.9. The summed E-state index contributed by atoms with van der Waals surface area (Å²) in [6.45, 7) is 2.96. The van der Waals surface area contributed by atoms with Crippen molar-refractivity contribution in [3.05, 3.63) is 46.9 Å². The Morgan fingerprint density at radius 3 is 2.84 bits per heavy atom. The van der Waals surface area contributed by atoms with Gasteiger partial charge in [-0.15, -0.1) is 5.10 Å². The summed E-state index contributed by atoms with van der Waals surface area (Å²) in [6, 6.07) is 6.08. The topological polar surface area (TPSA) is 85.6 Å². The zero-order chi connectivity index (χ0) is 17.2. The van der Waals surface area contributed by atoms with Crippen LogP contribution in [0, 0.1) is 6.92 Å². The van der Waals surface area contributed by atoms with Crippen LogP contribution in [-0.2, 0) is 6.54 Å². The van der Waals surface area contributed by atoms with Crippen molar-refractivity contribution in [1.82, 2.24) is 29.7 Å². The van der Waals surface area contributed by atoms with Gasteiger partial charge in [0.15, 0.2) is 0 Å². The van der Waals surface area contributed by atoms with Gasteiger partial charge in [0.2, 0.25) is 0 Å². The number of aryl methyl sites for hydroxylation is 1. The first-order chi connectivity index (χ1) is 12.2. The molecule has 1 N–H and O–H groups in total.